The molecular formula is C26H24F2IrN5Si-2. The molecule has 0 saturated heterocycles. The Labute approximate surface area is 219 Å². The van der Waals surface area contributed by atoms with Crippen LogP contribution in [0.15, 0.2) is 91.6 Å². The van der Waals surface area contributed by atoms with Gasteiger partial charge in [0.05, 0.1) is 0 Å². The Morgan fingerprint density at radius 2 is 1.34 bits per heavy atom. The van der Waals surface area contributed by atoms with E-state index in [1.54, 1.807) is 30.7 Å². The fraction of sp³-hybridized carbons (Fsp3) is 0.115. The minimum atomic E-state index is -0.730. The first-order valence-corrected chi connectivity index (χ1v) is 13.5. The summed E-state index contributed by atoms with van der Waals surface area (Å²) in [6.45, 7) is 6.81. The van der Waals surface area contributed by atoms with Crippen molar-refractivity contribution in [2.24, 2.45) is 0 Å². The van der Waals surface area contributed by atoms with E-state index in [4.69, 9.17) is 0 Å². The molecule has 0 N–H and O–H groups in total. The van der Waals surface area contributed by atoms with Gasteiger partial charge >= 0.3 is 0 Å². The Bertz CT molecular complexity index is 1150. The predicted octanol–water partition coefficient (Wildman–Crippen LogP) is 6.05. The smallest absolute Gasteiger partial charge is 0.0493 e. The summed E-state index contributed by atoms with van der Waals surface area (Å²) in [6.07, 6.45) is 7.91. The van der Waals surface area contributed by atoms with Crippen LogP contribution < -0.4 is 0 Å². The Balaban J connectivity index is 0.000000221. The van der Waals surface area contributed by atoms with Crippen molar-refractivity contribution in [1.82, 2.24) is 24.5 Å². The molecule has 0 fully saturated rings. The summed E-state index contributed by atoms with van der Waals surface area (Å²) in [6, 6.07) is 23.5. The molecule has 0 aliphatic carbocycles. The fourth-order valence-corrected chi connectivity index (χ4v) is 2.69. The summed E-state index contributed by atoms with van der Waals surface area (Å²) in [5.74, 6) is -1.46. The van der Waals surface area contributed by atoms with Gasteiger partial charge in [-0.15, -0.1) is 42.0 Å². The molecule has 0 spiro atoms. The zero-order chi connectivity index (χ0) is 24.3. The van der Waals surface area contributed by atoms with Crippen molar-refractivity contribution in [2.75, 3.05) is 0 Å². The zero-order valence-electron chi connectivity index (χ0n) is 19.5. The van der Waals surface area contributed by atoms with Crippen LogP contribution in [0.1, 0.15) is 0 Å². The maximum Gasteiger partial charge on any atom is 0.0493 e. The zero-order valence-corrected chi connectivity index (χ0v) is 22.9. The third-order valence-corrected chi connectivity index (χ3v) is 4.06. The Morgan fingerprint density at radius 3 is 1.77 bits per heavy atom. The fourth-order valence-electron chi connectivity index (χ4n) is 2.69. The molecule has 5 aromatic rings. The van der Waals surface area contributed by atoms with Crippen molar-refractivity contribution in [3.05, 3.63) is 115 Å². The van der Waals surface area contributed by atoms with Gasteiger partial charge in [-0.2, -0.15) is 10.2 Å². The number of hydrogen-bond donors (Lipinski definition) is 0. The van der Waals surface area contributed by atoms with Gasteiger partial charge in [0.1, 0.15) is 0 Å². The number of nitrogens with zero attached hydrogens (tertiary/aromatic N) is 5. The molecule has 3 heterocycles. The van der Waals surface area contributed by atoms with Crippen LogP contribution in [0.2, 0.25) is 19.6 Å². The van der Waals surface area contributed by atoms with Crippen LogP contribution in [0.4, 0.5) is 8.78 Å². The van der Waals surface area contributed by atoms with E-state index in [0.717, 1.165) is 17.3 Å². The number of rotatable bonds is 3. The van der Waals surface area contributed by atoms with Gasteiger partial charge in [0, 0.05) is 71.5 Å². The Kier molecular flexibility index (Phi) is 11.4. The van der Waals surface area contributed by atoms with E-state index >= 15 is 0 Å². The molecule has 0 saturated carbocycles. The van der Waals surface area contributed by atoms with Crippen molar-refractivity contribution >= 4 is 8.80 Å². The molecule has 35 heavy (non-hydrogen) atoms. The van der Waals surface area contributed by atoms with Gasteiger partial charge in [0.2, 0.25) is 0 Å². The molecule has 5 nitrogen and oxygen atoms in total. The minimum absolute atomic E-state index is 0. The SMILES string of the molecule is C[Si](C)C.Fc1cc(F)c(-n2cccn2)[c-]c1-n1cccn1.[Ir].[c-]1ccccc1-c1ccccn1. The van der Waals surface area contributed by atoms with Gasteiger partial charge in [-0.3, -0.25) is 18.1 Å². The summed E-state index contributed by atoms with van der Waals surface area (Å²) in [5.41, 5.74) is 2.11. The van der Waals surface area contributed by atoms with Gasteiger partial charge in [-0.25, -0.2) is 0 Å². The first kappa shape index (κ1) is 28.0. The van der Waals surface area contributed by atoms with Gasteiger partial charge in [0.15, 0.2) is 0 Å². The van der Waals surface area contributed by atoms with Crippen LogP contribution in [0.3, 0.4) is 0 Å². The first-order valence-electron chi connectivity index (χ1n) is 10.5. The van der Waals surface area contributed by atoms with E-state index in [1.807, 2.05) is 42.5 Å². The van der Waals surface area contributed by atoms with Crippen molar-refractivity contribution < 1.29 is 28.9 Å². The van der Waals surface area contributed by atoms with Crippen LogP contribution in [-0.2, 0) is 20.1 Å². The van der Waals surface area contributed by atoms with Gasteiger partial charge in [-0.1, -0.05) is 37.8 Å². The molecule has 0 unspecified atom stereocenters. The topological polar surface area (TPSA) is 48.5 Å². The molecule has 9 heteroatoms. The van der Waals surface area contributed by atoms with Crippen LogP contribution in [-0.4, -0.2) is 33.3 Å². The van der Waals surface area contributed by atoms with E-state index < -0.39 is 11.6 Å². The monoisotopic (exact) mass is 665 g/mol. The largest absolute Gasteiger partial charge is 0.305 e. The molecule has 0 amide bonds. The maximum atomic E-state index is 13.7. The van der Waals surface area contributed by atoms with Crippen molar-refractivity contribution in [3.8, 4) is 22.6 Å². The molecule has 0 atom stereocenters. The van der Waals surface area contributed by atoms with E-state index in [9.17, 15) is 8.78 Å². The average Bonchev–Trinajstić information content (AvgIpc) is 3.55. The Hall–Kier alpha value is -3.26. The second-order valence-corrected chi connectivity index (χ2v) is 10.6. The molecule has 2 radical (unpaired) electrons. The van der Waals surface area contributed by atoms with Crippen LogP contribution in [0.25, 0.3) is 22.6 Å². The average molecular weight is 665 g/mol. The summed E-state index contributed by atoms with van der Waals surface area (Å²) in [5, 5.41) is 7.79. The molecule has 2 aromatic carbocycles. The van der Waals surface area contributed by atoms with E-state index in [0.29, 0.717) is 0 Å². The predicted molar refractivity (Wildman–Crippen MR) is 131 cm³/mol. The number of benzene rings is 2. The molecule has 0 aliphatic rings. The maximum absolute atomic E-state index is 13.7. The number of aromatic nitrogens is 5. The standard InChI is InChI=1S/C12H7F2N4.C11H8N.C3H9Si.Ir/c13-9-7-10(14)12(18-6-2-4-16-18)8-11(9)17-5-1-3-15-17;1-2-6-10(7-3-1)11-8-4-5-9-12-11;1-4(2)3;/h1-7H;1-6,8-9H;1-3H3;/q2*-1;;. The van der Waals surface area contributed by atoms with Crippen molar-refractivity contribution in [3.63, 3.8) is 0 Å². The quantitative estimate of drug-likeness (QED) is 0.174. The first-order chi connectivity index (χ1) is 16.5. The number of pyridine rings is 1. The van der Waals surface area contributed by atoms with Crippen LogP contribution in [0.5, 0.6) is 0 Å². The van der Waals surface area contributed by atoms with E-state index in [1.165, 1.54) is 21.8 Å². The van der Waals surface area contributed by atoms with Crippen LogP contribution in [0, 0.1) is 23.8 Å². The second kappa shape index (κ2) is 14.2. The number of halogens is 2. The van der Waals surface area contributed by atoms with E-state index in [-0.39, 0.29) is 40.3 Å². The molecule has 5 rings (SSSR count). The molecule has 0 aliphatic heterocycles. The molecule has 3 aromatic heterocycles. The molecule has 182 valence electrons. The Morgan fingerprint density at radius 1 is 0.771 bits per heavy atom. The summed E-state index contributed by atoms with van der Waals surface area (Å²) >= 11 is 0. The van der Waals surface area contributed by atoms with Gasteiger partial charge in [0.25, 0.3) is 0 Å². The summed E-state index contributed by atoms with van der Waals surface area (Å²) < 4.78 is 29.9. The molecular weight excluding hydrogens is 641 g/mol. The van der Waals surface area contributed by atoms with Gasteiger partial charge < -0.3 is 4.98 Å². The third kappa shape index (κ3) is 8.47. The second-order valence-electron chi connectivity index (χ2n) is 7.55. The van der Waals surface area contributed by atoms with Crippen molar-refractivity contribution in [2.45, 2.75) is 19.6 Å². The summed E-state index contributed by atoms with van der Waals surface area (Å²) in [7, 11) is 0.120. The van der Waals surface area contributed by atoms with E-state index in [2.05, 4.69) is 47.0 Å². The minimum Gasteiger partial charge on any atom is -0.305 e. The van der Waals surface area contributed by atoms with Crippen molar-refractivity contribution in [1.29, 1.82) is 0 Å². The normalized spacial score (nSPS) is 9.89. The van der Waals surface area contributed by atoms with Gasteiger partial charge in [-0.05, 0) is 35.3 Å². The molecule has 0 bridgehead atoms. The van der Waals surface area contributed by atoms with Crippen LogP contribution >= 0.6 is 0 Å². The summed E-state index contributed by atoms with van der Waals surface area (Å²) in [4.78, 5) is 4.22. The third-order valence-electron chi connectivity index (χ3n) is 4.06. The number of hydrogen-bond acceptors (Lipinski definition) is 3.